The van der Waals surface area contributed by atoms with Gasteiger partial charge in [-0.2, -0.15) is 0 Å². The number of anilines is 1. The third-order valence-electron chi connectivity index (χ3n) is 3.78. The number of ether oxygens (including phenoxy) is 1. The molecule has 1 saturated carbocycles. The molecule has 1 aliphatic heterocycles. The molecule has 0 bridgehead atoms. The summed E-state index contributed by atoms with van der Waals surface area (Å²) in [6.45, 7) is 0. The molecule has 19 heavy (non-hydrogen) atoms. The van der Waals surface area contributed by atoms with Crippen molar-refractivity contribution in [3.05, 3.63) is 33.9 Å². The van der Waals surface area contributed by atoms with Gasteiger partial charge in [-0.25, -0.2) is 0 Å². The predicted molar refractivity (Wildman–Crippen MR) is 70.4 cm³/mol. The van der Waals surface area contributed by atoms with Crippen LogP contribution in [0, 0.1) is 15.5 Å². The number of hydrogen-bond donors (Lipinski definition) is 2. The summed E-state index contributed by atoms with van der Waals surface area (Å²) in [7, 11) is 0. The first-order valence-electron chi connectivity index (χ1n) is 6.44. The van der Waals surface area contributed by atoms with Crippen molar-refractivity contribution >= 4 is 17.3 Å². The summed E-state index contributed by atoms with van der Waals surface area (Å²) in [6.07, 6.45) is 5.07. The number of nitro groups is 1. The quantitative estimate of drug-likeness (QED) is 0.600. The van der Waals surface area contributed by atoms with Gasteiger partial charge in [-0.3, -0.25) is 15.5 Å². The van der Waals surface area contributed by atoms with E-state index in [0.29, 0.717) is 5.56 Å². The molecule has 3 rings (SSSR count). The number of benzene rings is 1. The minimum Gasteiger partial charge on any atom is -0.451 e. The van der Waals surface area contributed by atoms with Crippen LogP contribution < -0.4 is 5.32 Å². The Hall–Kier alpha value is -2.11. The summed E-state index contributed by atoms with van der Waals surface area (Å²) >= 11 is 0. The number of nitro benzene ring substituents is 1. The Morgan fingerprint density at radius 3 is 2.74 bits per heavy atom. The second kappa shape index (κ2) is 4.22. The normalized spacial score (nSPS) is 20.3. The Bertz CT molecular complexity index is 550. The number of rotatable bonds is 1. The number of nitrogens with zero attached hydrogens (tertiary/aromatic N) is 1. The van der Waals surface area contributed by atoms with Crippen molar-refractivity contribution in [1.82, 2.24) is 0 Å². The summed E-state index contributed by atoms with van der Waals surface area (Å²) in [4.78, 5) is 10.3. The van der Waals surface area contributed by atoms with Crippen LogP contribution in [0.1, 0.15) is 37.7 Å². The van der Waals surface area contributed by atoms with Crippen LogP contribution in [-0.2, 0) is 4.74 Å². The molecule has 6 nitrogen and oxygen atoms in total. The molecule has 1 spiro atoms. The van der Waals surface area contributed by atoms with Crippen molar-refractivity contribution in [3.63, 3.8) is 0 Å². The molecule has 6 heteroatoms. The molecule has 1 fully saturated rings. The van der Waals surface area contributed by atoms with Gasteiger partial charge in [0.2, 0.25) is 5.90 Å². The van der Waals surface area contributed by atoms with Crippen molar-refractivity contribution in [1.29, 1.82) is 5.41 Å². The number of nitrogens with one attached hydrogen (secondary N) is 2. The first-order valence-corrected chi connectivity index (χ1v) is 6.44. The van der Waals surface area contributed by atoms with Gasteiger partial charge in [0.1, 0.15) is 0 Å². The summed E-state index contributed by atoms with van der Waals surface area (Å²) in [5, 5.41) is 22.1. The van der Waals surface area contributed by atoms with E-state index < -0.39 is 10.6 Å². The monoisotopic (exact) mass is 261 g/mol. The summed E-state index contributed by atoms with van der Waals surface area (Å²) in [5.74, 6) is 0.0272. The lowest BCUT2D eigenvalue weighted by atomic mass is 9.89. The molecular weight excluding hydrogens is 246 g/mol. The van der Waals surface area contributed by atoms with Gasteiger partial charge in [0.05, 0.1) is 16.2 Å². The van der Waals surface area contributed by atoms with E-state index >= 15 is 0 Å². The highest BCUT2D eigenvalue weighted by atomic mass is 16.6. The Morgan fingerprint density at radius 2 is 2.05 bits per heavy atom. The van der Waals surface area contributed by atoms with Gasteiger partial charge < -0.3 is 10.1 Å². The first-order chi connectivity index (χ1) is 9.10. The van der Waals surface area contributed by atoms with E-state index in [1.165, 1.54) is 18.6 Å². The van der Waals surface area contributed by atoms with E-state index in [1.807, 2.05) is 0 Å². The lowest BCUT2D eigenvalue weighted by Gasteiger charge is -2.42. The fourth-order valence-electron chi connectivity index (χ4n) is 2.81. The molecular formula is C13H15N3O3. The maximum atomic E-state index is 10.8. The average Bonchev–Trinajstić information content (AvgIpc) is 2.39. The van der Waals surface area contributed by atoms with Gasteiger partial charge >= 0.3 is 0 Å². The number of fused-ring (bicyclic) bond motifs is 1. The van der Waals surface area contributed by atoms with E-state index in [4.69, 9.17) is 10.1 Å². The zero-order valence-electron chi connectivity index (χ0n) is 10.4. The largest absolute Gasteiger partial charge is 0.451 e. The molecule has 0 saturated heterocycles. The van der Waals surface area contributed by atoms with Crippen LogP contribution in [0.15, 0.2) is 18.2 Å². The minimum absolute atomic E-state index is 0.0199. The molecule has 0 unspecified atom stereocenters. The van der Waals surface area contributed by atoms with Crippen molar-refractivity contribution < 1.29 is 9.66 Å². The molecule has 1 aromatic rings. The molecule has 100 valence electrons. The standard InChI is InChI=1S/C13H15N3O3/c14-12-10-8-9(16(17)18)4-5-11(10)15-13(19-12)6-2-1-3-7-13/h4-5,8,14-15H,1-3,6-7H2. The smallest absolute Gasteiger partial charge is 0.270 e. The van der Waals surface area contributed by atoms with E-state index in [9.17, 15) is 10.1 Å². The fourth-order valence-corrected chi connectivity index (χ4v) is 2.81. The lowest BCUT2D eigenvalue weighted by molar-refractivity contribution is -0.384. The summed E-state index contributed by atoms with van der Waals surface area (Å²) in [5.41, 5.74) is 0.709. The molecule has 0 amide bonds. The molecule has 0 aromatic heterocycles. The van der Waals surface area contributed by atoms with Crippen LogP contribution in [0.5, 0.6) is 0 Å². The Morgan fingerprint density at radius 1 is 1.32 bits per heavy atom. The van der Waals surface area contributed by atoms with E-state index in [2.05, 4.69) is 5.32 Å². The summed E-state index contributed by atoms with van der Waals surface area (Å²) in [6, 6.07) is 4.52. The maximum Gasteiger partial charge on any atom is 0.270 e. The van der Waals surface area contributed by atoms with Gasteiger partial charge in [-0.05, 0) is 18.9 Å². The Balaban J connectivity index is 1.97. The molecule has 1 aromatic carbocycles. The third-order valence-corrected chi connectivity index (χ3v) is 3.78. The molecule has 1 heterocycles. The van der Waals surface area contributed by atoms with Crippen LogP contribution >= 0.6 is 0 Å². The molecule has 0 atom stereocenters. The van der Waals surface area contributed by atoms with Crippen LogP contribution in [-0.4, -0.2) is 16.5 Å². The fraction of sp³-hybridized carbons (Fsp3) is 0.462. The number of non-ortho nitro benzene ring substituents is 1. The van der Waals surface area contributed by atoms with E-state index in [0.717, 1.165) is 31.4 Å². The van der Waals surface area contributed by atoms with Gasteiger partial charge in [0, 0.05) is 25.0 Å². The molecule has 2 N–H and O–H groups in total. The number of hydrogen-bond acceptors (Lipinski definition) is 5. The van der Waals surface area contributed by atoms with Crippen molar-refractivity contribution in [2.75, 3.05) is 5.32 Å². The molecule has 0 radical (unpaired) electrons. The summed E-state index contributed by atoms with van der Waals surface area (Å²) < 4.78 is 5.73. The Labute approximate surface area is 110 Å². The van der Waals surface area contributed by atoms with E-state index in [1.54, 1.807) is 6.07 Å². The highest BCUT2D eigenvalue weighted by Crippen LogP contribution is 2.39. The first kappa shape index (κ1) is 12.0. The zero-order valence-corrected chi connectivity index (χ0v) is 10.4. The third kappa shape index (κ3) is 2.03. The molecule has 1 aliphatic carbocycles. The second-order valence-corrected chi connectivity index (χ2v) is 5.10. The maximum absolute atomic E-state index is 10.8. The topological polar surface area (TPSA) is 88.2 Å². The molecule has 2 aliphatic rings. The van der Waals surface area contributed by atoms with Gasteiger partial charge in [-0.15, -0.1) is 0 Å². The minimum atomic E-state index is -0.488. The van der Waals surface area contributed by atoms with Crippen molar-refractivity contribution in [2.24, 2.45) is 0 Å². The average molecular weight is 261 g/mol. The van der Waals surface area contributed by atoms with Gasteiger partial charge in [0.15, 0.2) is 5.72 Å². The van der Waals surface area contributed by atoms with Crippen LogP contribution in [0.2, 0.25) is 0 Å². The van der Waals surface area contributed by atoms with Gasteiger partial charge in [0.25, 0.3) is 5.69 Å². The van der Waals surface area contributed by atoms with Crippen LogP contribution in [0.4, 0.5) is 11.4 Å². The van der Waals surface area contributed by atoms with E-state index in [-0.39, 0.29) is 11.6 Å². The lowest BCUT2D eigenvalue weighted by Crippen LogP contribution is -2.47. The zero-order chi connectivity index (χ0) is 13.5. The van der Waals surface area contributed by atoms with Gasteiger partial charge in [-0.1, -0.05) is 6.42 Å². The van der Waals surface area contributed by atoms with Crippen LogP contribution in [0.25, 0.3) is 0 Å². The SMILES string of the molecule is N=C1OC2(CCCCC2)Nc2ccc([N+](=O)[O-])cc21. The van der Waals surface area contributed by atoms with Crippen molar-refractivity contribution in [3.8, 4) is 0 Å². The Kier molecular flexibility index (Phi) is 2.66. The highest BCUT2D eigenvalue weighted by Gasteiger charge is 2.39. The van der Waals surface area contributed by atoms with Crippen molar-refractivity contribution in [2.45, 2.75) is 37.8 Å². The highest BCUT2D eigenvalue weighted by molar-refractivity contribution is 6.00. The predicted octanol–water partition coefficient (Wildman–Crippen LogP) is 3.02. The second-order valence-electron chi connectivity index (χ2n) is 5.10. The van der Waals surface area contributed by atoms with Crippen LogP contribution in [0.3, 0.4) is 0 Å².